The van der Waals surface area contributed by atoms with Crippen LogP contribution in [0.1, 0.15) is 112 Å². The van der Waals surface area contributed by atoms with Gasteiger partial charge in [0, 0.05) is 44.9 Å². The summed E-state index contributed by atoms with van der Waals surface area (Å²) in [6.07, 6.45) is 5.83. The molecule has 14 nitrogen and oxygen atoms in total. The minimum absolute atomic E-state index is 0.000573. The Morgan fingerprint density at radius 2 is 1.67 bits per heavy atom. The molecule has 0 aromatic carbocycles. The van der Waals surface area contributed by atoms with Gasteiger partial charge in [-0.3, -0.25) is 14.4 Å². The molecule has 1 amide bonds. The Morgan fingerprint density at radius 3 is 2.30 bits per heavy atom. The largest absolute Gasteiger partial charge is 0.480 e. The van der Waals surface area contributed by atoms with E-state index < -0.39 is 83.7 Å². The van der Waals surface area contributed by atoms with Gasteiger partial charge in [0.25, 0.3) is 11.7 Å². The van der Waals surface area contributed by atoms with Gasteiger partial charge in [-0.1, -0.05) is 51.5 Å². The minimum Gasteiger partial charge on any atom is -0.480 e. The molecule has 0 aromatic heterocycles. The van der Waals surface area contributed by atoms with Crippen LogP contribution in [0.15, 0.2) is 36.0 Å². The number of hydrogen-bond acceptors (Lipinski definition) is 12. The fourth-order valence-corrected chi connectivity index (χ4v) is 9.86. The van der Waals surface area contributed by atoms with Gasteiger partial charge < -0.3 is 43.9 Å². The first-order valence-corrected chi connectivity index (χ1v) is 21.9. The molecule has 0 radical (unpaired) electrons. The predicted octanol–water partition coefficient (Wildman–Crippen LogP) is 5.37. The molecule has 0 spiro atoms. The predicted molar refractivity (Wildman–Crippen MR) is 222 cm³/mol. The van der Waals surface area contributed by atoms with Gasteiger partial charge in [-0.15, -0.1) is 6.58 Å². The van der Waals surface area contributed by atoms with Crippen LogP contribution in [0.5, 0.6) is 0 Å². The monoisotopic (exact) mass is 845 g/mol. The van der Waals surface area contributed by atoms with Crippen LogP contribution in [-0.2, 0) is 47.7 Å². The zero-order valence-electron chi connectivity index (χ0n) is 37.0. The van der Waals surface area contributed by atoms with E-state index in [1.54, 1.807) is 19.9 Å². The van der Waals surface area contributed by atoms with Gasteiger partial charge in [0.2, 0.25) is 5.79 Å². The second kappa shape index (κ2) is 22.2. The van der Waals surface area contributed by atoms with Gasteiger partial charge in [0.1, 0.15) is 30.6 Å². The maximum Gasteiger partial charge on any atom is 0.329 e. The second-order valence-electron chi connectivity index (χ2n) is 18.2. The van der Waals surface area contributed by atoms with Crippen LogP contribution in [0.4, 0.5) is 0 Å². The summed E-state index contributed by atoms with van der Waals surface area (Å²) in [4.78, 5) is 69.2. The summed E-state index contributed by atoms with van der Waals surface area (Å²) in [7, 11) is 3.04. The molecule has 3 aliphatic heterocycles. The third-order valence-electron chi connectivity index (χ3n) is 13.3. The summed E-state index contributed by atoms with van der Waals surface area (Å²) in [6, 6.07) is -1.16. The number of amides is 1. The lowest BCUT2D eigenvalue weighted by atomic mass is 9.78. The molecule has 1 unspecified atom stereocenters. The summed E-state index contributed by atoms with van der Waals surface area (Å²) in [6.45, 7) is 14.7. The summed E-state index contributed by atoms with van der Waals surface area (Å²) in [5.41, 5.74) is 1.61. The van der Waals surface area contributed by atoms with Crippen molar-refractivity contribution < 1.29 is 63.0 Å². The molecule has 2 bridgehead atoms. The quantitative estimate of drug-likeness (QED) is 0.153. The lowest BCUT2D eigenvalue weighted by Crippen LogP contribution is -2.64. The molecule has 14 atom stereocenters. The topological polar surface area (TPSA) is 195 Å². The van der Waals surface area contributed by atoms with Gasteiger partial charge >= 0.3 is 11.9 Å². The number of allylic oxidation sites excluding steroid dienone is 4. The van der Waals surface area contributed by atoms with Crippen molar-refractivity contribution in [2.24, 2.45) is 35.5 Å². The normalized spacial score (nSPS) is 39.4. The fourth-order valence-electron chi connectivity index (χ4n) is 9.86. The molecule has 2 saturated heterocycles. The second-order valence-corrected chi connectivity index (χ2v) is 18.2. The molecule has 60 heavy (non-hydrogen) atoms. The number of Topliss-reactive ketones (excluding diaryl/α,β-unsaturated/α-hetero) is 2. The SMILES string of the molecule is C=CC[C@@H]1/C=C(\C)C[C@H](C)C[C@H](OC)[C@H]2O[C@@](O)(C(=O)C(=O)N3CCCC[C@H]3C(=O)O[C@@H](/C(C)=C/[C@@H]3CC[C@@H](OCC(=O)O)C(C)C3)[C@H](C)[C@@H](O)CC1=O)[C@H](C)C[C@@H]2OC. The number of carboxylic acid groups (broad SMARTS) is 1. The van der Waals surface area contributed by atoms with Gasteiger partial charge in [0.05, 0.1) is 24.4 Å². The van der Waals surface area contributed by atoms with E-state index in [1.165, 1.54) is 19.1 Å². The zero-order chi connectivity index (χ0) is 44.5. The summed E-state index contributed by atoms with van der Waals surface area (Å²) < 4.78 is 29.9. The van der Waals surface area contributed by atoms with E-state index in [0.29, 0.717) is 56.9 Å². The number of fused-ring (bicyclic) bond motifs is 3. The van der Waals surface area contributed by atoms with Crippen molar-refractivity contribution in [2.75, 3.05) is 27.4 Å². The number of nitrogens with zero attached hydrogens (tertiary/aromatic N) is 1. The molecule has 14 heteroatoms. The maximum atomic E-state index is 14.4. The van der Waals surface area contributed by atoms with Crippen LogP contribution < -0.4 is 0 Å². The standard InChI is InChI=1S/C46H71NO13/c1-10-13-33-19-26(2)18-27(3)20-38(56-8)42-39(57-9)23-30(6)46(55,60-42)43(52)44(53)47-17-12-11-14-34(47)45(54)59-41(31(7)35(48)24-36(33)49)29(5)22-32-15-16-37(28(4)21-32)58-25-40(50)51/h10,19,22,27-28,30-35,37-39,41-42,48,55H,1,11-18,20-21,23-25H2,2-9H3,(H,50,51)/b26-19+,29-22+/t27-,28?,30+,31+,32+,33+,34-,35-,37+,38-,39-,41-,42+,46+/m0/s1. The number of ether oxygens (including phenoxy) is 5. The first kappa shape index (κ1) is 49.4. The summed E-state index contributed by atoms with van der Waals surface area (Å²) >= 11 is 0. The minimum atomic E-state index is -2.52. The van der Waals surface area contributed by atoms with E-state index in [9.17, 15) is 34.2 Å². The van der Waals surface area contributed by atoms with Crippen molar-refractivity contribution in [1.82, 2.24) is 4.90 Å². The van der Waals surface area contributed by atoms with Crippen LogP contribution in [0.25, 0.3) is 0 Å². The van der Waals surface area contributed by atoms with Crippen molar-refractivity contribution in [3.63, 3.8) is 0 Å². The fraction of sp³-hybridized carbons (Fsp3) is 0.761. The smallest absolute Gasteiger partial charge is 0.329 e. The Kier molecular flexibility index (Phi) is 18.3. The Labute approximate surface area is 356 Å². The van der Waals surface area contributed by atoms with Crippen molar-refractivity contribution in [2.45, 2.75) is 161 Å². The van der Waals surface area contributed by atoms with E-state index >= 15 is 0 Å². The molecule has 1 aliphatic carbocycles. The van der Waals surface area contributed by atoms with Crippen molar-refractivity contribution in [3.8, 4) is 0 Å². The Bertz CT molecular complexity index is 1590. The molecule has 3 N–H and O–H groups in total. The lowest BCUT2D eigenvalue weighted by Gasteiger charge is -2.47. The average Bonchev–Trinajstić information content (AvgIpc) is 3.20. The first-order chi connectivity index (χ1) is 28.3. The molecule has 0 aromatic rings. The number of aliphatic hydroxyl groups excluding tert-OH is 1. The molecular formula is C46H71NO13. The highest BCUT2D eigenvalue weighted by Gasteiger charge is 2.56. The summed E-state index contributed by atoms with van der Waals surface area (Å²) in [5.74, 6) is -8.78. The summed E-state index contributed by atoms with van der Waals surface area (Å²) in [5, 5.41) is 32.9. The van der Waals surface area contributed by atoms with E-state index in [-0.39, 0.29) is 62.1 Å². The lowest BCUT2D eigenvalue weighted by molar-refractivity contribution is -0.302. The molecule has 338 valence electrons. The third kappa shape index (κ3) is 12.2. The molecule has 1 saturated carbocycles. The number of carbonyl (C=O) groups is 5. The number of aliphatic carboxylic acids is 1. The van der Waals surface area contributed by atoms with Crippen LogP contribution >= 0.6 is 0 Å². The zero-order valence-corrected chi connectivity index (χ0v) is 37.0. The maximum absolute atomic E-state index is 14.4. The number of carbonyl (C=O) groups excluding carboxylic acids is 4. The Balaban J connectivity index is 1.75. The molecular weight excluding hydrogens is 774 g/mol. The number of hydrogen-bond donors (Lipinski definition) is 3. The number of carboxylic acids is 1. The molecule has 4 rings (SSSR count). The van der Waals surface area contributed by atoms with Crippen molar-refractivity contribution >= 4 is 29.4 Å². The average molecular weight is 846 g/mol. The van der Waals surface area contributed by atoms with E-state index in [0.717, 1.165) is 5.57 Å². The van der Waals surface area contributed by atoms with Gasteiger partial charge in [-0.2, -0.15) is 0 Å². The highest BCUT2D eigenvalue weighted by molar-refractivity contribution is 6.39. The first-order valence-electron chi connectivity index (χ1n) is 21.9. The van der Waals surface area contributed by atoms with E-state index in [2.05, 4.69) is 6.58 Å². The highest BCUT2D eigenvalue weighted by Crippen LogP contribution is 2.39. The molecule has 3 fully saturated rings. The number of ketones is 2. The van der Waals surface area contributed by atoms with Crippen molar-refractivity contribution in [1.29, 1.82) is 0 Å². The number of aliphatic hydroxyl groups is 2. The van der Waals surface area contributed by atoms with Gasteiger partial charge in [-0.05, 0) is 101 Å². The number of rotatable bonds is 9. The van der Waals surface area contributed by atoms with E-state index in [1.807, 2.05) is 39.8 Å². The van der Waals surface area contributed by atoms with Crippen LogP contribution in [0.2, 0.25) is 0 Å². The van der Waals surface area contributed by atoms with Crippen LogP contribution in [0, 0.1) is 35.5 Å². The van der Waals surface area contributed by atoms with E-state index in [4.69, 9.17) is 28.8 Å². The number of esters is 1. The number of methoxy groups -OCH3 is 2. The van der Waals surface area contributed by atoms with Gasteiger partial charge in [-0.25, -0.2) is 9.59 Å². The third-order valence-corrected chi connectivity index (χ3v) is 13.3. The number of piperidine rings is 1. The Hall–Kier alpha value is -3.27. The highest BCUT2D eigenvalue weighted by atomic mass is 16.7. The molecule has 3 heterocycles. The Morgan fingerprint density at radius 1 is 0.983 bits per heavy atom. The number of cyclic esters (lactones) is 1. The van der Waals surface area contributed by atoms with Gasteiger partial charge in [0.15, 0.2) is 0 Å². The van der Waals surface area contributed by atoms with Crippen molar-refractivity contribution in [3.05, 3.63) is 36.0 Å². The van der Waals surface area contributed by atoms with Crippen LogP contribution in [0.3, 0.4) is 0 Å². The molecule has 4 aliphatic rings. The van der Waals surface area contributed by atoms with Crippen LogP contribution in [-0.4, -0.2) is 125 Å².